The van der Waals surface area contributed by atoms with E-state index in [0.717, 1.165) is 6.42 Å². The van der Waals surface area contributed by atoms with Crippen molar-refractivity contribution in [3.63, 3.8) is 0 Å². The van der Waals surface area contributed by atoms with Crippen molar-refractivity contribution in [2.75, 3.05) is 6.61 Å². The van der Waals surface area contributed by atoms with Crippen molar-refractivity contribution in [2.24, 2.45) is 0 Å². The zero-order chi connectivity index (χ0) is 7.61. The Morgan fingerprint density at radius 3 is 2.90 bits per heavy atom. The van der Waals surface area contributed by atoms with Gasteiger partial charge < -0.3 is 4.74 Å². The average molecular weight is 140 g/mol. The van der Waals surface area contributed by atoms with Crippen LogP contribution in [0, 0.1) is 0 Å². The molecular formula is C8H12O2. The molecule has 0 N–H and O–H groups in total. The third-order valence-electron chi connectivity index (χ3n) is 1.89. The van der Waals surface area contributed by atoms with Crippen molar-refractivity contribution in [2.45, 2.75) is 25.4 Å². The lowest BCUT2D eigenvalue weighted by Crippen LogP contribution is -2.40. The molecule has 1 aliphatic rings. The molecule has 1 atom stereocenters. The largest absolute Gasteiger partial charge is 0.363 e. The molecule has 1 aliphatic heterocycles. The molecule has 0 saturated carbocycles. The van der Waals surface area contributed by atoms with Crippen molar-refractivity contribution < 1.29 is 9.53 Å². The second kappa shape index (κ2) is 2.54. The van der Waals surface area contributed by atoms with E-state index in [2.05, 4.69) is 6.58 Å². The van der Waals surface area contributed by atoms with Crippen LogP contribution in [0.3, 0.4) is 0 Å². The fourth-order valence-corrected chi connectivity index (χ4v) is 1.02. The van der Waals surface area contributed by atoms with Crippen LogP contribution in [0.4, 0.5) is 0 Å². The predicted octanol–water partition coefficient (Wildman–Crippen LogP) is 1.31. The summed E-state index contributed by atoms with van der Waals surface area (Å²) in [6.07, 6.45) is 3.05. The fraction of sp³-hybridized carbons (Fsp3) is 0.625. The molecule has 0 unspecified atom stereocenters. The molecule has 0 bridgehead atoms. The van der Waals surface area contributed by atoms with Gasteiger partial charge in [0.05, 0.1) is 0 Å². The molecule has 0 spiro atoms. The second-order valence-corrected chi connectivity index (χ2v) is 2.69. The number of ketones is 1. The summed E-state index contributed by atoms with van der Waals surface area (Å²) >= 11 is 0. The van der Waals surface area contributed by atoms with Crippen LogP contribution in [0.25, 0.3) is 0 Å². The smallest absolute Gasteiger partial charge is 0.168 e. The molecule has 10 heavy (non-hydrogen) atoms. The molecule has 56 valence electrons. The molecule has 1 saturated heterocycles. The maximum absolute atomic E-state index is 11.2. The monoisotopic (exact) mass is 140 g/mol. The van der Waals surface area contributed by atoms with E-state index in [-0.39, 0.29) is 5.78 Å². The van der Waals surface area contributed by atoms with Gasteiger partial charge in [0.2, 0.25) is 0 Å². The van der Waals surface area contributed by atoms with E-state index in [4.69, 9.17) is 4.74 Å². The van der Waals surface area contributed by atoms with E-state index >= 15 is 0 Å². The van der Waals surface area contributed by atoms with Crippen LogP contribution in [0.2, 0.25) is 0 Å². The lowest BCUT2D eigenvalue weighted by atomic mass is 9.95. The third-order valence-corrected chi connectivity index (χ3v) is 1.89. The highest BCUT2D eigenvalue weighted by molar-refractivity contribution is 5.89. The number of hydrogen-bond donors (Lipinski definition) is 0. The number of ether oxygens (including phenoxy) is 1. The number of carbonyl (C=O) groups is 1. The Balaban J connectivity index is 2.72. The molecule has 1 heterocycles. The van der Waals surface area contributed by atoms with Crippen molar-refractivity contribution in [3.8, 4) is 0 Å². The molecule has 0 aliphatic carbocycles. The van der Waals surface area contributed by atoms with Crippen LogP contribution in [-0.2, 0) is 9.53 Å². The second-order valence-electron chi connectivity index (χ2n) is 2.69. The van der Waals surface area contributed by atoms with E-state index in [0.29, 0.717) is 13.0 Å². The quantitative estimate of drug-likeness (QED) is 0.513. The molecule has 2 heteroatoms. The first-order valence-electron chi connectivity index (χ1n) is 3.50. The van der Waals surface area contributed by atoms with Gasteiger partial charge in [-0.25, -0.2) is 0 Å². The zero-order valence-electron chi connectivity index (χ0n) is 6.22. The minimum atomic E-state index is -0.696. The molecule has 1 rings (SSSR count). The van der Waals surface area contributed by atoms with Crippen molar-refractivity contribution in [1.29, 1.82) is 0 Å². The Kier molecular flexibility index (Phi) is 1.90. The third kappa shape index (κ3) is 1.12. The van der Waals surface area contributed by atoms with Crippen LogP contribution in [0.1, 0.15) is 19.8 Å². The van der Waals surface area contributed by atoms with E-state index in [1.54, 1.807) is 13.0 Å². The van der Waals surface area contributed by atoms with Gasteiger partial charge in [-0.1, -0.05) is 12.7 Å². The lowest BCUT2D eigenvalue weighted by Gasteiger charge is -2.28. The van der Waals surface area contributed by atoms with Crippen molar-refractivity contribution >= 4 is 5.78 Å². The van der Waals surface area contributed by atoms with E-state index < -0.39 is 5.60 Å². The van der Waals surface area contributed by atoms with Crippen LogP contribution in [0.15, 0.2) is 12.7 Å². The first-order valence-corrected chi connectivity index (χ1v) is 3.50. The minimum Gasteiger partial charge on any atom is -0.363 e. The van der Waals surface area contributed by atoms with Gasteiger partial charge in [0.15, 0.2) is 5.78 Å². The highest BCUT2D eigenvalue weighted by Gasteiger charge is 2.32. The van der Waals surface area contributed by atoms with Crippen LogP contribution in [-0.4, -0.2) is 18.0 Å². The Morgan fingerprint density at radius 2 is 2.50 bits per heavy atom. The van der Waals surface area contributed by atoms with Gasteiger partial charge in [-0.2, -0.15) is 0 Å². The molecule has 0 aromatic heterocycles. The van der Waals surface area contributed by atoms with Gasteiger partial charge in [-0.15, -0.1) is 0 Å². The molecular weight excluding hydrogens is 128 g/mol. The summed E-state index contributed by atoms with van der Waals surface area (Å²) in [5.74, 6) is 0.147. The summed E-state index contributed by atoms with van der Waals surface area (Å²) in [4.78, 5) is 11.2. The maximum atomic E-state index is 11.2. The van der Waals surface area contributed by atoms with E-state index in [1.807, 2.05) is 0 Å². The van der Waals surface area contributed by atoms with Crippen molar-refractivity contribution in [3.05, 3.63) is 12.7 Å². The Hall–Kier alpha value is -0.630. The molecule has 0 amide bonds. The minimum absolute atomic E-state index is 0.147. The van der Waals surface area contributed by atoms with Gasteiger partial charge in [-0.05, 0) is 13.3 Å². The summed E-state index contributed by atoms with van der Waals surface area (Å²) in [7, 11) is 0. The lowest BCUT2D eigenvalue weighted by molar-refractivity contribution is -0.142. The SMILES string of the molecule is C=C[C@@]1(C)OCCCC1=O. The Labute approximate surface area is 60.9 Å². The number of rotatable bonds is 1. The Bertz CT molecular complexity index is 163. The number of hydrogen-bond acceptors (Lipinski definition) is 2. The normalized spacial score (nSPS) is 33.9. The summed E-state index contributed by atoms with van der Waals surface area (Å²) in [6, 6.07) is 0. The van der Waals surface area contributed by atoms with E-state index in [9.17, 15) is 4.79 Å². The van der Waals surface area contributed by atoms with Crippen LogP contribution >= 0.6 is 0 Å². The predicted molar refractivity (Wildman–Crippen MR) is 38.8 cm³/mol. The first kappa shape index (κ1) is 7.48. The average Bonchev–Trinajstić information content (AvgIpc) is 1.96. The molecule has 0 radical (unpaired) electrons. The Morgan fingerprint density at radius 1 is 1.80 bits per heavy atom. The molecule has 0 aromatic carbocycles. The van der Waals surface area contributed by atoms with Gasteiger partial charge in [0, 0.05) is 13.0 Å². The van der Waals surface area contributed by atoms with Crippen LogP contribution in [0.5, 0.6) is 0 Å². The fourth-order valence-electron chi connectivity index (χ4n) is 1.02. The van der Waals surface area contributed by atoms with Gasteiger partial charge >= 0.3 is 0 Å². The van der Waals surface area contributed by atoms with Crippen molar-refractivity contribution in [1.82, 2.24) is 0 Å². The topological polar surface area (TPSA) is 26.3 Å². The summed E-state index contributed by atoms with van der Waals surface area (Å²) in [5.41, 5.74) is -0.696. The number of carbonyl (C=O) groups excluding carboxylic acids is 1. The first-order chi connectivity index (χ1) is 4.69. The van der Waals surface area contributed by atoms with Crippen LogP contribution < -0.4 is 0 Å². The molecule has 0 aromatic rings. The summed E-state index contributed by atoms with van der Waals surface area (Å²) in [6.45, 7) is 6.00. The highest BCUT2D eigenvalue weighted by atomic mass is 16.5. The number of Topliss-reactive ketones (excluding diaryl/α,β-unsaturated/α-hetero) is 1. The standard InChI is InChI=1S/C8H12O2/c1-3-8(2)7(9)5-4-6-10-8/h3H,1,4-6H2,2H3/t8-/m1/s1. The molecule has 2 nitrogen and oxygen atoms in total. The highest BCUT2D eigenvalue weighted by Crippen LogP contribution is 2.21. The summed E-state index contributed by atoms with van der Waals surface area (Å²) < 4.78 is 5.26. The van der Waals surface area contributed by atoms with E-state index in [1.165, 1.54) is 0 Å². The maximum Gasteiger partial charge on any atom is 0.168 e. The van der Waals surface area contributed by atoms with Gasteiger partial charge in [-0.3, -0.25) is 4.79 Å². The van der Waals surface area contributed by atoms with Gasteiger partial charge in [0.25, 0.3) is 0 Å². The van der Waals surface area contributed by atoms with Gasteiger partial charge in [0.1, 0.15) is 5.60 Å². The molecule has 1 fully saturated rings. The zero-order valence-corrected chi connectivity index (χ0v) is 6.22. The summed E-state index contributed by atoms with van der Waals surface area (Å²) in [5, 5.41) is 0.